The Balaban J connectivity index is 4.31. The highest BCUT2D eigenvalue weighted by Gasteiger charge is 2.42. The van der Waals surface area contributed by atoms with Gasteiger partial charge in [0.2, 0.25) is 5.91 Å². The predicted molar refractivity (Wildman–Crippen MR) is 163 cm³/mol. The number of carbonyl (C=O) groups excluding carboxylic acids is 1. The minimum absolute atomic E-state index is 0.0371. The van der Waals surface area contributed by atoms with Crippen LogP contribution in [-0.2, 0) is 18.7 Å². The molecule has 1 unspecified atom stereocenters. The van der Waals surface area contributed by atoms with Gasteiger partial charge in [0.15, 0.2) is 6.04 Å². The SMILES string of the molecule is CCCCCCCCCCCCCCCC(=O)N([C@@H](CO)C(=O)O)P(=O)(O)OCCCCCCCCCCCC. The molecule has 0 saturated carbocycles. The molecule has 0 aromatic heterocycles. The maximum Gasteiger partial charge on any atom is 0.435 e. The lowest BCUT2D eigenvalue weighted by Gasteiger charge is -2.30. The lowest BCUT2D eigenvalue weighted by atomic mass is 10.0. The van der Waals surface area contributed by atoms with Gasteiger partial charge in [0, 0.05) is 6.42 Å². The molecule has 0 aliphatic heterocycles. The molecule has 8 nitrogen and oxygen atoms in total. The number of carboxylic acid groups (broad SMARTS) is 1. The van der Waals surface area contributed by atoms with Gasteiger partial charge in [-0.15, -0.1) is 0 Å². The summed E-state index contributed by atoms with van der Waals surface area (Å²) in [7, 11) is -4.71. The van der Waals surface area contributed by atoms with Crippen molar-refractivity contribution in [3.05, 3.63) is 0 Å². The molecule has 0 rings (SSSR count). The average Bonchev–Trinajstić information content (AvgIpc) is 2.92. The molecule has 0 aliphatic rings. The van der Waals surface area contributed by atoms with Crippen molar-refractivity contribution >= 4 is 19.6 Å². The third kappa shape index (κ3) is 20.9. The van der Waals surface area contributed by atoms with E-state index >= 15 is 0 Å². The summed E-state index contributed by atoms with van der Waals surface area (Å²) in [5, 5.41) is 19.0. The van der Waals surface area contributed by atoms with Gasteiger partial charge in [0.25, 0.3) is 0 Å². The molecule has 9 heteroatoms. The summed E-state index contributed by atoms with van der Waals surface area (Å²) in [5.74, 6) is -2.29. The number of rotatable bonds is 30. The molecule has 1 amide bonds. The molecule has 238 valence electrons. The molecule has 0 heterocycles. The number of carboxylic acids is 1. The molecule has 0 aromatic carbocycles. The van der Waals surface area contributed by atoms with Crippen LogP contribution in [0.1, 0.15) is 168 Å². The van der Waals surface area contributed by atoms with Crippen molar-refractivity contribution in [1.29, 1.82) is 0 Å². The Morgan fingerprint density at radius 1 is 0.650 bits per heavy atom. The number of amides is 1. The first-order chi connectivity index (χ1) is 19.3. The van der Waals surface area contributed by atoms with E-state index in [-0.39, 0.29) is 13.0 Å². The van der Waals surface area contributed by atoms with E-state index in [1.165, 1.54) is 96.3 Å². The Kier molecular flexibility index (Phi) is 26.3. The fraction of sp³-hybridized carbons (Fsp3) is 0.935. The van der Waals surface area contributed by atoms with E-state index in [2.05, 4.69) is 13.8 Å². The molecule has 0 aromatic rings. The monoisotopic (exact) mass is 591 g/mol. The van der Waals surface area contributed by atoms with Crippen LogP contribution >= 0.6 is 7.75 Å². The molecule has 2 atom stereocenters. The Bertz CT molecular complexity index is 662. The van der Waals surface area contributed by atoms with E-state index < -0.39 is 32.3 Å². The fourth-order valence-corrected chi connectivity index (χ4v) is 6.39. The van der Waals surface area contributed by atoms with Crippen molar-refractivity contribution < 1.29 is 33.8 Å². The average molecular weight is 592 g/mol. The number of hydrogen-bond donors (Lipinski definition) is 3. The van der Waals surface area contributed by atoms with Crippen molar-refractivity contribution in [1.82, 2.24) is 4.67 Å². The summed E-state index contributed by atoms with van der Waals surface area (Å²) in [5.41, 5.74) is 0. The van der Waals surface area contributed by atoms with Gasteiger partial charge in [-0.25, -0.2) is 14.0 Å². The first-order valence-corrected chi connectivity index (χ1v) is 18.0. The largest absolute Gasteiger partial charge is 0.480 e. The minimum Gasteiger partial charge on any atom is -0.480 e. The summed E-state index contributed by atoms with van der Waals surface area (Å²) in [6.45, 7) is 3.44. The lowest BCUT2D eigenvalue weighted by molar-refractivity contribution is -0.148. The van der Waals surface area contributed by atoms with Crippen LogP contribution in [0.25, 0.3) is 0 Å². The second-order valence-corrected chi connectivity index (χ2v) is 12.9. The minimum atomic E-state index is -4.71. The summed E-state index contributed by atoms with van der Waals surface area (Å²) < 4.78 is 18.5. The van der Waals surface area contributed by atoms with E-state index in [0.29, 0.717) is 17.5 Å². The lowest BCUT2D eigenvalue weighted by Crippen LogP contribution is -2.45. The van der Waals surface area contributed by atoms with Crippen LogP contribution in [0, 0.1) is 0 Å². The van der Waals surface area contributed by atoms with Gasteiger partial charge in [0.05, 0.1) is 13.2 Å². The van der Waals surface area contributed by atoms with Crippen molar-refractivity contribution in [3.63, 3.8) is 0 Å². The maximum atomic E-state index is 12.9. The Labute approximate surface area is 245 Å². The second-order valence-electron chi connectivity index (χ2n) is 11.3. The van der Waals surface area contributed by atoms with Crippen molar-refractivity contribution in [2.24, 2.45) is 0 Å². The van der Waals surface area contributed by atoms with E-state index in [1.807, 2.05) is 0 Å². The van der Waals surface area contributed by atoms with Gasteiger partial charge in [-0.05, 0) is 12.8 Å². The van der Waals surface area contributed by atoms with E-state index in [4.69, 9.17) is 4.52 Å². The quantitative estimate of drug-likeness (QED) is 0.0563. The van der Waals surface area contributed by atoms with Crippen LogP contribution in [0.4, 0.5) is 0 Å². The zero-order chi connectivity index (χ0) is 29.9. The van der Waals surface area contributed by atoms with E-state index in [9.17, 15) is 29.3 Å². The summed E-state index contributed by atoms with van der Waals surface area (Å²) in [6.07, 6.45) is 25.9. The number of aliphatic hydroxyl groups is 1. The number of carbonyl (C=O) groups is 2. The Hall–Kier alpha value is -0.950. The highest BCUT2D eigenvalue weighted by Crippen LogP contribution is 2.48. The van der Waals surface area contributed by atoms with Gasteiger partial charge >= 0.3 is 13.7 Å². The number of unbranched alkanes of at least 4 members (excludes halogenated alkanes) is 21. The fourth-order valence-electron chi connectivity index (χ4n) is 4.99. The van der Waals surface area contributed by atoms with Crippen LogP contribution in [0.3, 0.4) is 0 Å². The summed E-state index contributed by atoms with van der Waals surface area (Å²) in [4.78, 5) is 35.0. The third-order valence-corrected chi connectivity index (χ3v) is 9.10. The smallest absolute Gasteiger partial charge is 0.435 e. The van der Waals surface area contributed by atoms with Crippen molar-refractivity contribution in [2.45, 2.75) is 174 Å². The van der Waals surface area contributed by atoms with Gasteiger partial charge in [-0.3, -0.25) is 9.32 Å². The molecule has 0 radical (unpaired) electrons. The van der Waals surface area contributed by atoms with Gasteiger partial charge in [0.1, 0.15) is 0 Å². The normalized spacial score (nSPS) is 13.7. The van der Waals surface area contributed by atoms with E-state index in [0.717, 1.165) is 38.5 Å². The van der Waals surface area contributed by atoms with E-state index in [1.54, 1.807) is 0 Å². The van der Waals surface area contributed by atoms with Gasteiger partial charge in [-0.1, -0.05) is 149 Å². The standard InChI is InChI=1S/C31H62NO7P/c1-3-5-7-9-11-13-15-16-17-18-20-22-24-26-30(34)32(29(28-33)31(35)36)40(37,38)39-27-25-23-21-19-14-12-10-8-6-4-2/h29,33H,3-28H2,1-2H3,(H,35,36)(H,37,38)/t29-/m0/s1. The number of nitrogens with zero attached hydrogens (tertiary/aromatic N) is 1. The van der Waals surface area contributed by atoms with Crippen LogP contribution < -0.4 is 0 Å². The highest BCUT2D eigenvalue weighted by molar-refractivity contribution is 7.51. The van der Waals surface area contributed by atoms with Crippen molar-refractivity contribution in [2.75, 3.05) is 13.2 Å². The molecular formula is C31H62NO7P. The molecule has 0 aliphatic carbocycles. The zero-order valence-electron chi connectivity index (χ0n) is 25.8. The molecular weight excluding hydrogens is 529 g/mol. The first-order valence-electron chi connectivity index (χ1n) is 16.4. The van der Waals surface area contributed by atoms with Crippen LogP contribution in [0.15, 0.2) is 0 Å². The molecule has 3 N–H and O–H groups in total. The first kappa shape index (κ1) is 39.0. The molecule has 0 saturated heterocycles. The Morgan fingerprint density at radius 2 is 1.00 bits per heavy atom. The Morgan fingerprint density at radius 3 is 1.35 bits per heavy atom. The zero-order valence-corrected chi connectivity index (χ0v) is 26.7. The highest BCUT2D eigenvalue weighted by atomic mass is 31.2. The van der Waals surface area contributed by atoms with Crippen molar-refractivity contribution in [3.8, 4) is 0 Å². The topological polar surface area (TPSA) is 124 Å². The maximum absolute atomic E-state index is 12.9. The molecule has 0 spiro atoms. The molecule has 0 fully saturated rings. The second kappa shape index (κ2) is 26.9. The number of aliphatic hydroxyl groups excluding tert-OH is 1. The van der Waals surface area contributed by atoms with Gasteiger partial charge in [-0.2, -0.15) is 0 Å². The van der Waals surface area contributed by atoms with Gasteiger partial charge < -0.3 is 15.1 Å². The summed E-state index contributed by atoms with van der Waals surface area (Å²) in [6, 6.07) is -1.81. The van der Waals surface area contributed by atoms with Crippen LogP contribution in [-0.4, -0.2) is 50.9 Å². The van der Waals surface area contributed by atoms with Crippen LogP contribution in [0.5, 0.6) is 0 Å². The number of hydrogen-bond acceptors (Lipinski definition) is 5. The third-order valence-electron chi connectivity index (χ3n) is 7.53. The molecule has 0 bridgehead atoms. The van der Waals surface area contributed by atoms with Crippen LogP contribution in [0.2, 0.25) is 0 Å². The number of aliphatic carboxylic acids is 1. The predicted octanol–water partition coefficient (Wildman–Crippen LogP) is 8.78. The molecule has 40 heavy (non-hydrogen) atoms. The summed E-state index contributed by atoms with van der Waals surface area (Å²) >= 11 is 0.